The summed E-state index contributed by atoms with van der Waals surface area (Å²) in [5.74, 6) is 2.93. The molecule has 10 nitrogen and oxygen atoms in total. The Morgan fingerprint density at radius 2 is 0.720 bits per heavy atom. The van der Waals surface area contributed by atoms with E-state index in [0.29, 0.717) is 87.0 Å². The average Bonchev–Trinajstić information content (AvgIpc) is 4.32. The topological polar surface area (TPSA) is 115 Å². The summed E-state index contributed by atoms with van der Waals surface area (Å²) in [6.45, 7) is 11.3. The van der Waals surface area contributed by atoms with Gasteiger partial charge in [0.2, 0.25) is 0 Å². The molecule has 0 bridgehead atoms. The summed E-state index contributed by atoms with van der Waals surface area (Å²) in [7, 11) is 0. The first-order chi connectivity index (χ1) is 40.5. The van der Waals surface area contributed by atoms with Gasteiger partial charge in [-0.05, 0) is 149 Å². The summed E-state index contributed by atoms with van der Waals surface area (Å²) in [4.78, 5) is 0. The minimum absolute atomic E-state index is 0.319. The van der Waals surface area contributed by atoms with Gasteiger partial charge >= 0.3 is 0 Å². The van der Waals surface area contributed by atoms with Gasteiger partial charge < -0.3 is 47.4 Å². The van der Waals surface area contributed by atoms with E-state index in [1.165, 1.54) is 171 Å². The van der Waals surface area contributed by atoms with Crippen LogP contribution in [0.3, 0.4) is 0 Å². The van der Waals surface area contributed by atoms with Gasteiger partial charge in [0.25, 0.3) is 0 Å². The Bertz CT molecular complexity index is 2220. The van der Waals surface area contributed by atoms with Crippen LogP contribution >= 0.6 is 0 Å². The number of unbranched alkanes of at least 4 members (excludes halogenated alkanes) is 14. The van der Waals surface area contributed by atoms with Crippen LogP contribution in [0.15, 0.2) is 97.1 Å². The fourth-order valence-corrected chi connectivity index (χ4v) is 11.2. The van der Waals surface area contributed by atoms with Crippen molar-refractivity contribution in [3.05, 3.63) is 114 Å². The summed E-state index contributed by atoms with van der Waals surface area (Å²) < 4.78 is 55.8. The van der Waals surface area contributed by atoms with Gasteiger partial charge in [-0.3, -0.25) is 0 Å². The van der Waals surface area contributed by atoms with E-state index >= 15 is 0 Å². The lowest BCUT2D eigenvalue weighted by molar-refractivity contribution is 0.263. The normalized spacial score (nSPS) is 25.9. The van der Waals surface area contributed by atoms with Crippen LogP contribution in [0, 0.1) is 0 Å². The van der Waals surface area contributed by atoms with E-state index < -0.39 is 0 Å². The SMILES string of the molecule is CCC/C=C\CC1OC1CCCCCCCc1cccc(OCC2CO2)c1.CCCC1OC1C/C=C\CCCCCCCc1cccc(OCC2CO2)c1.CCCC1OC1CC1OC1CCCCCCCc1cccc(OCC2CO2)c1. The van der Waals surface area contributed by atoms with Gasteiger partial charge in [0.05, 0.1) is 68.7 Å². The predicted octanol–water partition coefficient (Wildman–Crippen LogP) is 16.8. The van der Waals surface area contributed by atoms with Crippen LogP contribution in [0.4, 0.5) is 0 Å². The number of rotatable bonds is 45. The van der Waals surface area contributed by atoms with Crippen LogP contribution in [0.25, 0.3) is 0 Å². The summed E-state index contributed by atoms with van der Waals surface area (Å²) >= 11 is 0. The molecule has 0 N–H and O–H groups in total. The summed E-state index contributed by atoms with van der Waals surface area (Å²) in [5.41, 5.74) is 4.15. The van der Waals surface area contributed by atoms with Crippen LogP contribution in [0.1, 0.15) is 211 Å². The van der Waals surface area contributed by atoms with Crippen molar-refractivity contribution in [3.63, 3.8) is 0 Å². The van der Waals surface area contributed by atoms with Gasteiger partial charge in [0.1, 0.15) is 55.4 Å². The number of aryl methyl sites for hydroxylation is 3. The zero-order valence-corrected chi connectivity index (χ0v) is 51.1. The average molecular weight is 1130 g/mol. The van der Waals surface area contributed by atoms with Crippen LogP contribution < -0.4 is 14.2 Å². The molecule has 7 aliphatic heterocycles. The van der Waals surface area contributed by atoms with Gasteiger partial charge in [0, 0.05) is 6.42 Å². The lowest BCUT2D eigenvalue weighted by atomic mass is 10.0. The zero-order chi connectivity index (χ0) is 56.7. The fraction of sp³-hybridized carbons (Fsp3) is 0.694. The Morgan fingerprint density at radius 3 is 1.13 bits per heavy atom. The number of allylic oxidation sites excluding steroid dienone is 2. The minimum atomic E-state index is 0.319. The van der Waals surface area contributed by atoms with Crippen molar-refractivity contribution in [2.45, 2.75) is 281 Å². The third-order valence-corrected chi connectivity index (χ3v) is 16.8. The Hall–Kier alpha value is -3.74. The second-order valence-electron chi connectivity index (χ2n) is 24.5. The number of ether oxygens (including phenoxy) is 10. The molecule has 0 radical (unpaired) electrons. The molecule has 0 amide bonds. The van der Waals surface area contributed by atoms with Crippen LogP contribution in [0.2, 0.25) is 0 Å². The second-order valence-corrected chi connectivity index (χ2v) is 24.5. The van der Waals surface area contributed by atoms with E-state index in [2.05, 4.69) is 99.7 Å². The van der Waals surface area contributed by atoms with Crippen LogP contribution in [0.5, 0.6) is 17.2 Å². The van der Waals surface area contributed by atoms with Crippen molar-refractivity contribution in [2.75, 3.05) is 39.6 Å². The van der Waals surface area contributed by atoms with Gasteiger partial charge in [-0.25, -0.2) is 0 Å². The third-order valence-electron chi connectivity index (χ3n) is 16.8. The van der Waals surface area contributed by atoms with Crippen molar-refractivity contribution in [1.29, 1.82) is 0 Å². The van der Waals surface area contributed by atoms with E-state index in [-0.39, 0.29) is 0 Å². The molecule has 0 saturated carbocycles. The molecule has 0 aromatic heterocycles. The lowest BCUT2D eigenvalue weighted by Gasteiger charge is -2.07. The molecule has 11 unspecified atom stereocenters. The highest BCUT2D eigenvalue weighted by Gasteiger charge is 2.47. The minimum Gasteiger partial charge on any atom is -0.491 e. The Balaban J connectivity index is 0.000000161. The lowest BCUT2D eigenvalue weighted by Crippen LogP contribution is -2.04. The van der Waals surface area contributed by atoms with Gasteiger partial charge in [-0.2, -0.15) is 0 Å². The van der Waals surface area contributed by atoms with Crippen LogP contribution in [-0.4, -0.2) is 107 Å². The molecule has 0 aliphatic carbocycles. The first-order valence-electron chi connectivity index (χ1n) is 33.4. The smallest absolute Gasteiger partial charge is 0.119 e. The van der Waals surface area contributed by atoms with Crippen molar-refractivity contribution < 1.29 is 47.4 Å². The molecule has 3 aromatic rings. The maximum Gasteiger partial charge on any atom is 0.119 e. The molecule has 7 saturated heterocycles. The number of hydrogen-bond acceptors (Lipinski definition) is 10. The molecule has 11 atom stereocenters. The first kappa shape index (κ1) is 64.3. The largest absolute Gasteiger partial charge is 0.491 e. The fourth-order valence-electron chi connectivity index (χ4n) is 11.2. The zero-order valence-electron chi connectivity index (χ0n) is 51.1. The van der Waals surface area contributed by atoms with Crippen molar-refractivity contribution >= 4 is 0 Å². The number of hydrogen-bond donors (Lipinski definition) is 0. The van der Waals surface area contributed by atoms with Crippen molar-refractivity contribution in [2.24, 2.45) is 0 Å². The highest BCUT2D eigenvalue weighted by Crippen LogP contribution is 2.39. The number of epoxide rings is 7. The Labute approximate surface area is 496 Å². The summed E-state index contributed by atoms with van der Waals surface area (Å²) in [5, 5.41) is 0. The monoisotopic (exact) mass is 1130 g/mol. The van der Waals surface area contributed by atoms with Gasteiger partial charge in [0.15, 0.2) is 0 Å². The molecule has 7 aliphatic rings. The maximum atomic E-state index is 5.83. The van der Waals surface area contributed by atoms with Gasteiger partial charge in [-0.15, -0.1) is 0 Å². The molecule has 3 aromatic carbocycles. The summed E-state index contributed by atoms with van der Waals surface area (Å²) in [6.07, 6.45) is 51.9. The molecular formula is C72H108O10. The Morgan fingerprint density at radius 1 is 0.366 bits per heavy atom. The Kier molecular flexibility index (Phi) is 29.5. The first-order valence-corrected chi connectivity index (χ1v) is 33.4. The van der Waals surface area contributed by atoms with Crippen molar-refractivity contribution in [3.8, 4) is 17.2 Å². The van der Waals surface area contributed by atoms with Crippen LogP contribution in [-0.2, 0) is 52.4 Å². The molecule has 10 heteroatoms. The third kappa shape index (κ3) is 28.4. The molecule has 0 spiro atoms. The highest BCUT2D eigenvalue weighted by molar-refractivity contribution is 5.30. The molecule has 7 fully saturated rings. The van der Waals surface area contributed by atoms with E-state index in [1.807, 2.05) is 18.2 Å². The van der Waals surface area contributed by atoms with E-state index in [0.717, 1.165) is 75.6 Å². The highest BCUT2D eigenvalue weighted by atomic mass is 16.6. The van der Waals surface area contributed by atoms with E-state index in [4.69, 9.17) is 47.4 Å². The van der Waals surface area contributed by atoms with E-state index in [1.54, 1.807) is 0 Å². The van der Waals surface area contributed by atoms with E-state index in [9.17, 15) is 0 Å². The standard InChI is InChI=1S/C24H36O4.2C24H36O3/c1-2-9-21-23(27-21)15-24-22(28-24)13-7-5-3-4-6-10-18-11-8-12-19(14-18)25-16-20-17-26-20;1-2-12-23-24(27-23)16-10-8-6-4-3-5-7-9-13-20-14-11-15-21(17-20)25-18-22-19-26-22;1-2-3-4-9-15-23-24(27-23)16-10-7-5-6-8-12-20-13-11-14-21(17-20)25-18-22-19-26-22/h8,11-12,14,20-24H,2-7,9-10,13,15-17H2,1H3;8,10-11,14-15,17,22-24H,2-7,9,12-13,16,18-19H2,1H3;4,9,11,13-14,17,22-24H,2-3,5-8,10,12,15-16,18-19H2,1H3/b;10-8-;9-4-. The quantitative estimate of drug-likeness (QED) is 0.0308. The molecule has 456 valence electrons. The molecule has 7 heterocycles. The second kappa shape index (κ2) is 37.6. The molecule has 82 heavy (non-hydrogen) atoms. The molecule has 10 rings (SSSR count). The predicted molar refractivity (Wildman–Crippen MR) is 331 cm³/mol. The summed E-state index contributed by atoms with van der Waals surface area (Å²) in [6, 6.07) is 25.6. The van der Waals surface area contributed by atoms with Crippen molar-refractivity contribution in [1.82, 2.24) is 0 Å². The molecular weight excluding hydrogens is 1020 g/mol. The maximum absolute atomic E-state index is 5.83. The van der Waals surface area contributed by atoms with Gasteiger partial charge in [-0.1, -0.05) is 171 Å². The number of benzene rings is 3.